The molecule has 1 aromatic carbocycles. The Morgan fingerprint density at radius 2 is 2.08 bits per heavy atom. The fourth-order valence-electron chi connectivity index (χ4n) is 3.89. The van der Waals surface area contributed by atoms with Gasteiger partial charge in [-0.1, -0.05) is 31.9 Å². The first-order valence-corrected chi connectivity index (χ1v) is 9.90. The van der Waals surface area contributed by atoms with Crippen molar-refractivity contribution >= 4 is 16.8 Å². The number of hydrogen-bond donors (Lipinski definition) is 1. The molecule has 138 valence electrons. The first-order valence-electron chi connectivity index (χ1n) is 9.90. The molecule has 4 nitrogen and oxygen atoms in total. The molecule has 2 aliphatic carbocycles. The molecule has 1 heterocycles. The summed E-state index contributed by atoms with van der Waals surface area (Å²) in [6.45, 7) is 5.13. The minimum absolute atomic E-state index is 0.0942. The maximum Gasteiger partial charge on any atom is 0.270 e. The molecule has 0 spiro atoms. The number of carbonyl (C=O) groups is 1. The Morgan fingerprint density at radius 3 is 2.85 bits per heavy atom. The minimum Gasteiger partial charge on any atom is -0.493 e. The van der Waals surface area contributed by atoms with Gasteiger partial charge in [-0.05, 0) is 56.6 Å². The average Bonchev–Trinajstić information content (AvgIpc) is 3.46. The maximum atomic E-state index is 13.0. The summed E-state index contributed by atoms with van der Waals surface area (Å²) in [6, 6.07) is 9.71. The normalized spacial score (nSPS) is 25.8. The Hall–Kier alpha value is -2.10. The van der Waals surface area contributed by atoms with Crippen LogP contribution >= 0.6 is 0 Å². The average molecular weight is 352 g/mol. The number of para-hydroxylation sites is 1. The highest BCUT2D eigenvalue weighted by molar-refractivity contribution is 5.97. The van der Waals surface area contributed by atoms with Crippen LogP contribution in [0.3, 0.4) is 0 Å². The quantitative estimate of drug-likeness (QED) is 0.847. The predicted molar refractivity (Wildman–Crippen MR) is 103 cm³/mol. The molecule has 0 radical (unpaired) electrons. The van der Waals surface area contributed by atoms with Gasteiger partial charge in [0.25, 0.3) is 5.91 Å². The highest BCUT2D eigenvalue weighted by Crippen LogP contribution is 2.34. The number of amides is 1. The van der Waals surface area contributed by atoms with Gasteiger partial charge in [-0.25, -0.2) is 4.98 Å². The zero-order valence-electron chi connectivity index (χ0n) is 15.8. The number of aromatic nitrogens is 1. The van der Waals surface area contributed by atoms with Crippen LogP contribution in [0.5, 0.6) is 5.75 Å². The van der Waals surface area contributed by atoms with E-state index in [0.29, 0.717) is 17.5 Å². The van der Waals surface area contributed by atoms with E-state index in [2.05, 4.69) is 24.1 Å². The molecule has 2 aliphatic rings. The number of benzene rings is 1. The van der Waals surface area contributed by atoms with Crippen molar-refractivity contribution in [3.8, 4) is 5.75 Å². The summed E-state index contributed by atoms with van der Waals surface area (Å²) in [6.07, 6.45) is 7.09. The van der Waals surface area contributed by atoms with Crippen LogP contribution in [-0.4, -0.2) is 23.0 Å². The van der Waals surface area contributed by atoms with Gasteiger partial charge in [0, 0.05) is 17.0 Å². The molecule has 2 unspecified atom stereocenters. The Morgan fingerprint density at radius 1 is 1.27 bits per heavy atom. The maximum absolute atomic E-state index is 13.0. The largest absolute Gasteiger partial charge is 0.493 e. The second-order valence-corrected chi connectivity index (χ2v) is 8.30. The zero-order valence-corrected chi connectivity index (χ0v) is 15.8. The van der Waals surface area contributed by atoms with Crippen molar-refractivity contribution in [2.24, 2.45) is 11.8 Å². The third-order valence-electron chi connectivity index (χ3n) is 6.15. The van der Waals surface area contributed by atoms with Gasteiger partial charge in [-0.15, -0.1) is 0 Å². The molecule has 2 aromatic rings. The Balaban J connectivity index is 1.61. The summed E-state index contributed by atoms with van der Waals surface area (Å²) in [5, 5.41) is 4.25. The van der Waals surface area contributed by atoms with Crippen molar-refractivity contribution in [2.75, 3.05) is 6.61 Å². The molecule has 2 saturated carbocycles. The number of nitrogens with zero attached hydrogens (tertiary/aromatic N) is 1. The Kier molecular flexibility index (Phi) is 4.60. The molecular formula is C22H28N2O2. The van der Waals surface area contributed by atoms with Crippen LogP contribution in [0, 0.1) is 11.8 Å². The van der Waals surface area contributed by atoms with Crippen molar-refractivity contribution in [3.05, 3.63) is 36.0 Å². The van der Waals surface area contributed by atoms with E-state index < -0.39 is 0 Å². The first kappa shape index (κ1) is 17.3. The third-order valence-corrected chi connectivity index (χ3v) is 6.15. The molecule has 1 aromatic heterocycles. The number of fused-ring (bicyclic) bond motifs is 1. The fraction of sp³-hybridized carbons (Fsp3) is 0.545. The lowest BCUT2D eigenvalue weighted by molar-refractivity contribution is 0.0823. The second-order valence-electron chi connectivity index (χ2n) is 8.30. The molecule has 1 N–H and O–H groups in total. The van der Waals surface area contributed by atoms with Gasteiger partial charge in [0.15, 0.2) is 0 Å². The smallest absolute Gasteiger partial charge is 0.270 e. The van der Waals surface area contributed by atoms with Crippen LogP contribution in [0.15, 0.2) is 30.3 Å². The summed E-state index contributed by atoms with van der Waals surface area (Å²) in [7, 11) is 0. The Labute approximate surface area is 155 Å². The standard InChI is InChI=1S/C22H28N2O2/c1-15-7-5-6-12-22(15,2)24-21(25)19-13-20(26-14-16-10-11-16)17-8-3-4-9-18(17)23-19/h3-4,8-9,13,15-16H,5-7,10-12,14H2,1-2H3,(H,24,25). The van der Waals surface area contributed by atoms with Gasteiger partial charge in [0.1, 0.15) is 11.4 Å². The van der Waals surface area contributed by atoms with Crippen LogP contribution in [0.25, 0.3) is 10.9 Å². The lowest BCUT2D eigenvalue weighted by atomic mass is 9.75. The van der Waals surface area contributed by atoms with Gasteiger partial charge in [0.05, 0.1) is 12.1 Å². The number of nitrogens with one attached hydrogen (secondary N) is 1. The summed E-state index contributed by atoms with van der Waals surface area (Å²) in [4.78, 5) is 17.6. The van der Waals surface area contributed by atoms with Gasteiger partial charge in [0.2, 0.25) is 0 Å². The van der Waals surface area contributed by atoms with E-state index in [4.69, 9.17) is 4.74 Å². The number of ether oxygens (including phenoxy) is 1. The van der Waals surface area contributed by atoms with E-state index in [1.165, 1.54) is 25.7 Å². The van der Waals surface area contributed by atoms with Crippen LogP contribution in [-0.2, 0) is 0 Å². The Bertz CT molecular complexity index is 815. The molecule has 2 fully saturated rings. The molecule has 0 saturated heterocycles. The van der Waals surface area contributed by atoms with Crippen molar-refractivity contribution in [1.82, 2.24) is 10.3 Å². The van der Waals surface area contributed by atoms with Crippen molar-refractivity contribution in [2.45, 2.75) is 57.9 Å². The fourth-order valence-corrected chi connectivity index (χ4v) is 3.89. The van der Waals surface area contributed by atoms with Crippen LogP contribution < -0.4 is 10.1 Å². The van der Waals surface area contributed by atoms with Crippen molar-refractivity contribution in [1.29, 1.82) is 0 Å². The summed E-state index contributed by atoms with van der Waals surface area (Å²) in [5.74, 6) is 1.82. The molecule has 1 amide bonds. The summed E-state index contributed by atoms with van der Waals surface area (Å²) >= 11 is 0. The van der Waals surface area contributed by atoms with Crippen LogP contribution in [0.2, 0.25) is 0 Å². The van der Waals surface area contributed by atoms with E-state index in [-0.39, 0.29) is 11.4 Å². The molecule has 0 bridgehead atoms. The number of rotatable bonds is 5. The van der Waals surface area contributed by atoms with E-state index in [0.717, 1.165) is 36.1 Å². The predicted octanol–water partition coefficient (Wildman–Crippen LogP) is 4.72. The van der Waals surface area contributed by atoms with E-state index in [9.17, 15) is 4.79 Å². The molecule has 0 aliphatic heterocycles. The lowest BCUT2D eigenvalue weighted by Crippen LogP contribution is -2.52. The van der Waals surface area contributed by atoms with Gasteiger partial charge < -0.3 is 10.1 Å². The second kappa shape index (κ2) is 6.90. The zero-order chi connectivity index (χ0) is 18.1. The third kappa shape index (κ3) is 3.55. The van der Waals surface area contributed by atoms with Gasteiger partial charge >= 0.3 is 0 Å². The van der Waals surface area contributed by atoms with E-state index in [1.54, 1.807) is 0 Å². The lowest BCUT2D eigenvalue weighted by Gasteiger charge is -2.40. The topological polar surface area (TPSA) is 51.2 Å². The molecule has 4 rings (SSSR count). The number of carbonyl (C=O) groups excluding carboxylic acids is 1. The van der Waals surface area contributed by atoms with Crippen molar-refractivity contribution < 1.29 is 9.53 Å². The van der Waals surface area contributed by atoms with Crippen LogP contribution in [0.4, 0.5) is 0 Å². The van der Waals surface area contributed by atoms with Crippen LogP contribution in [0.1, 0.15) is 62.9 Å². The summed E-state index contributed by atoms with van der Waals surface area (Å²) in [5.41, 5.74) is 1.11. The van der Waals surface area contributed by atoms with E-state index >= 15 is 0 Å². The molecule has 26 heavy (non-hydrogen) atoms. The van der Waals surface area contributed by atoms with Gasteiger partial charge in [-0.2, -0.15) is 0 Å². The highest BCUT2D eigenvalue weighted by Gasteiger charge is 2.35. The first-order chi connectivity index (χ1) is 12.5. The molecule has 2 atom stereocenters. The van der Waals surface area contributed by atoms with Crippen molar-refractivity contribution in [3.63, 3.8) is 0 Å². The minimum atomic E-state index is -0.155. The molecular weight excluding hydrogens is 324 g/mol. The summed E-state index contributed by atoms with van der Waals surface area (Å²) < 4.78 is 6.05. The number of hydrogen-bond acceptors (Lipinski definition) is 3. The van der Waals surface area contributed by atoms with E-state index in [1.807, 2.05) is 30.3 Å². The number of pyridine rings is 1. The SMILES string of the molecule is CC1CCCCC1(C)NC(=O)c1cc(OCC2CC2)c2ccccc2n1. The van der Waals surface area contributed by atoms with Gasteiger partial charge in [-0.3, -0.25) is 4.79 Å². The highest BCUT2D eigenvalue weighted by atomic mass is 16.5. The monoisotopic (exact) mass is 352 g/mol. The molecule has 4 heteroatoms.